The zero-order valence-corrected chi connectivity index (χ0v) is 13.8. The maximum absolute atomic E-state index is 12.8. The number of hydrogen-bond donors (Lipinski definition) is 1. The number of methoxy groups -OCH3 is 2. The summed E-state index contributed by atoms with van der Waals surface area (Å²) in [5, 5.41) is 0. The van der Waals surface area contributed by atoms with Crippen LogP contribution in [0.3, 0.4) is 0 Å². The molecular weight excluding hydrogens is 306 g/mol. The van der Waals surface area contributed by atoms with E-state index in [1.54, 1.807) is 12.1 Å². The van der Waals surface area contributed by atoms with E-state index in [1.165, 1.54) is 24.6 Å². The van der Waals surface area contributed by atoms with Gasteiger partial charge < -0.3 is 15.2 Å². The van der Waals surface area contributed by atoms with Crippen LogP contribution in [0, 0.1) is 0 Å². The van der Waals surface area contributed by atoms with Gasteiger partial charge in [0, 0.05) is 45.3 Å². The molecule has 0 aliphatic carbocycles. The van der Waals surface area contributed by atoms with Crippen LogP contribution >= 0.6 is 0 Å². The van der Waals surface area contributed by atoms with Crippen molar-refractivity contribution >= 4 is 10.0 Å². The fourth-order valence-electron chi connectivity index (χ4n) is 2.50. The molecule has 1 aromatic rings. The number of nitrogens with two attached hydrogens (primary N) is 1. The summed E-state index contributed by atoms with van der Waals surface area (Å²) < 4.78 is 37.4. The predicted octanol–water partition coefficient (Wildman–Crippen LogP) is -0.0312. The summed E-state index contributed by atoms with van der Waals surface area (Å²) in [6.07, 6.45) is 0. The van der Waals surface area contributed by atoms with Gasteiger partial charge in [-0.05, 0) is 12.1 Å². The van der Waals surface area contributed by atoms with Crippen LogP contribution in [0.1, 0.15) is 0 Å². The molecule has 1 aliphatic heterocycles. The van der Waals surface area contributed by atoms with Crippen molar-refractivity contribution in [1.29, 1.82) is 0 Å². The number of nitrogens with zero attached hydrogens (tertiary/aromatic N) is 2. The normalized spacial score (nSPS) is 17.4. The van der Waals surface area contributed by atoms with Crippen molar-refractivity contribution in [1.82, 2.24) is 9.21 Å². The summed E-state index contributed by atoms with van der Waals surface area (Å²) in [4.78, 5) is 2.33. The SMILES string of the molecule is COc1ccc(S(=O)(=O)N2CCN(CCN)CC2)c(OC)c1. The molecule has 1 aliphatic rings. The lowest BCUT2D eigenvalue weighted by molar-refractivity contribution is 0.192. The molecule has 2 rings (SSSR count). The second-order valence-corrected chi connectivity index (χ2v) is 6.96. The Hall–Kier alpha value is -1.35. The van der Waals surface area contributed by atoms with E-state index < -0.39 is 10.0 Å². The molecule has 22 heavy (non-hydrogen) atoms. The number of benzene rings is 1. The minimum Gasteiger partial charge on any atom is -0.497 e. The van der Waals surface area contributed by atoms with E-state index in [-0.39, 0.29) is 4.90 Å². The van der Waals surface area contributed by atoms with E-state index in [1.807, 2.05) is 0 Å². The molecule has 0 spiro atoms. The highest BCUT2D eigenvalue weighted by Crippen LogP contribution is 2.30. The number of rotatable bonds is 6. The van der Waals surface area contributed by atoms with Gasteiger partial charge in [0.05, 0.1) is 14.2 Å². The molecule has 2 N–H and O–H groups in total. The van der Waals surface area contributed by atoms with Gasteiger partial charge in [-0.1, -0.05) is 0 Å². The minimum atomic E-state index is -3.57. The van der Waals surface area contributed by atoms with Gasteiger partial charge in [-0.15, -0.1) is 0 Å². The van der Waals surface area contributed by atoms with Crippen molar-refractivity contribution in [2.24, 2.45) is 5.73 Å². The number of ether oxygens (including phenoxy) is 2. The first-order chi connectivity index (χ1) is 10.5. The van der Waals surface area contributed by atoms with Gasteiger partial charge in [0.2, 0.25) is 10.0 Å². The quantitative estimate of drug-likeness (QED) is 0.789. The van der Waals surface area contributed by atoms with E-state index in [2.05, 4.69) is 4.90 Å². The molecule has 0 bridgehead atoms. The summed E-state index contributed by atoms with van der Waals surface area (Å²) in [5.74, 6) is 0.854. The van der Waals surface area contributed by atoms with Crippen molar-refractivity contribution in [2.75, 3.05) is 53.5 Å². The van der Waals surface area contributed by atoms with Crippen LogP contribution in [0.4, 0.5) is 0 Å². The van der Waals surface area contributed by atoms with Crippen molar-refractivity contribution in [3.8, 4) is 11.5 Å². The van der Waals surface area contributed by atoms with Crippen molar-refractivity contribution < 1.29 is 17.9 Å². The summed E-state index contributed by atoms with van der Waals surface area (Å²) in [7, 11) is -0.595. The van der Waals surface area contributed by atoms with Gasteiger partial charge in [0.15, 0.2) is 0 Å². The molecule has 124 valence electrons. The summed E-state index contributed by atoms with van der Waals surface area (Å²) in [6.45, 7) is 3.66. The highest BCUT2D eigenvalue weighted by Gasteiger charge is 2.30. The van der Waals surface area contributed by atoms with Crippen LogP contribution in [0.5, 0.6) is 11.5 Å². The maximum atomic E-state index is 12.8. The van der Waals surface area contributed by atoms with Crippen LogP contribution in [-0.4, -0.2) is 71.1 Å². The van der Waals surface area contributed by atoms with E-state index >= 15 is 0 Å². The van der Waals surface area contributed by atoms with E-state index in [4.69, 9.17) is 15.2 Å². The van der Waals surface area contributed by atoms with E-state index in [0.29, 0.717) is 44.2 Å². The zero-order chi connectivity index (χ0) is 16.2. The summed E-state index contributed by atoms with van der Waals surface area (Å²) in [6, 6.07) is 4.73. The van der Waals surface area contributed by atoms with Gasteiger partial charge in [-0.3, -0.25) is 4.90 Å². The first kappa shape index (κ1) is 17.0. The van der Waals surface area contributed by atoms with Gasteiger partial charge in [0.1, 0.15) is 16.4 Å². The predicted molar refractivity (Wildman–Crippen MR) is 83.8 cm³/mol. The largest absolute Gasteiger partial charge is 0.497 e. The van der Waals surface area contributed by atoms with Crippen LogP contribution in [-0.2, 0) is 10.0 Å². The topological polar surface area (TPSA) is 85.1 Å². The third-order valence-electron chi connectivity index (χ3n) is 3.77. The smallest absolute Gasteiger partial charge is 0.246 e. The molecule has 1 fully saturated rings. The Balaban J connectivity index is 2.21. The minimum absolute atomic E-state index is 0.170. The number of hydrogen-bond acceptors (Lipinski definition) is 6. The monoisotopic (exact) mass is 329 g/mol. The summed E-state index contributed by atoms with van der Waals surface area (Å²) in [5.41, 5.74) is 5.53. The Morgan fingerprint density at radius 1 is 1.14 bits per heavy atom. The average molecular weight is 329 g/mol. The van der Waals surface area contributed by atoms with E-state index in [0.717, 1.165) is 6.54 Å². The lowest BCUT2D eigenvalue weighted by Crippen LogP contribution is -2.49. The lowest BCUT2D eigenvalue weighted by atomic mass is 10.3. The number of piperazine rings is 1. The Labute approximate surface area is 131 Å². The van der Waals surface area contributed by atoms with Crippen molar-refractivity contribution in [3.63, 3.8) is 0 Å². The lowest BCUT2D eigenvalue weighted by Gasteiger charge is -2.33. The standard InChI is InChI=1S/C14H23N3O4S/c1-20-12-3-4-14(13(11-12)21-2)22(18,19)17-9-7-16(6-5-15)8-10-17/h3-4,11H,5-10,15H2,1-2H3. The van der Waals surface area contributed by atoms with Crippen LogP contribution < -0.4 is 15.2 Å². The van der Waals surface area contributed by atoms with Gasteiger partial charge >= 0.3 is 0 Å². The molecule has 0 atom stereocenters. The molecule has 0 unspecified atom stereocenters. The van der Waals surface area contributed by atoms with Gasteiger partial charge in [-0.2, -0.15) is 4.31 Å². The fraction of sp³-hybridized carbons (Fsp3) is 0.571. The van der Waals surface area contributed by atoms with Crippen LogP contribution in [0.15, 0.2) is 23.1 Å². The Morgan fingerprint density at radius 3 is 2.36 bits per heavy atom. The Morgan fingerprint density at radius 2 is 1.82 bits per heavy atom. The highest BCUT2D eigenvalue weighted by molar-refractivity contribution is 7.89. The molecule has 1 saturated heterocycles. The second kappa shape index (κ2) is 7.28. The molecule has 0 radical (unpaired) electrons. The van der Waals surface area contributed by atoms with Crippen LogP contribution in [0.25, 0.3) is 0 Å². The molecule has 1 aromatic carbocycles. The number of sulfonamides is 1. The molecule has 0 saturated carbocycles. The fourth-order valence-corrected chi connectivity index (χ4v) is 4.06. The molecule has 8 heteroatoms. The molecule has 0 aromatic heterocycles. The van der Waals surface area contributed by atoms with Gasteiger partial charge in [0.25, 0.3) is 0 Å². The van der Waals surface area contributed by atoms with Crippen molar-refractivity contribution in [2.45, 2.75) is 4.90 Å². The first-order valence-electron chi connectivity index (χ1n) is 7.17. The van der Waals surface area contributed by atoms with Crippen LogP contribution in [0.2, 0.25) is 0 Å². The molecule has 1 heterocycles. The average Bonchev–Trinajstić information content (AvgIpc) is 2.55. The third kappa shape index (κ3) is 3.52. The zero-order valence-electron chi connectivity index (χ0n) is 13.0. The molecule has 0 amide bonds. The van der Waals surface area contributed by atoms with Gasteiger partial charge in [-0.25, -0.2) is 8.42 Å². The summed E-state index contributed by atoms with van der Waals surface area (Å²) >= 11 is 0. The maximum Gasteiger partial charge on any atom is 0.246 e. The highest BCUT2D eigenvalue weighted by atomic mass is 32.2. The Bertz CT molecular complexity index is 598. The Kier molecular flexibility index (Phi) is 5.63. The molecule has 7 nitrogen and oxygen atoms in total. The first-order valence-corrected chi connectivity index (χ1v) is 8.61. The van der Waals surface area contributed by atoms with E-state index in [9.17, 15) is 8.42 Å². The van der Waals surface area contributed by atoms with Crippen molar-refractivity contribution in [3.05, 3.63) is 18.2 Å². The third-order valence-corrected chi connectivity index (χ3v) is 5.70. The second-order valence-electron chi connectivity index (χ2n) is 5.05. The molecular formula is C14H23N3O4S.